The zero-order chi connectivity index (χ0) is 13.8. The fourth-order valence-corrected chi connectivity index (χ4v) is 3.00. The predicted molar refractivity (Wildman–Crippen MR) is 76.8 cm³/mol. The smallest absolute Gasteiger partial charge is 0.294 e. The molecule has 2 rings (SSSR count). The first-order valence-corrected chi connectivity index (χ1v) is 6.92. The van der Waals surface area contributed by atoms with E-state index in [1.54, 1.807) is 12.1 Å². The Morgan fingerprint density at radius 3 is 2.95 bits per heavy atom. The van der Waals surface area contributed by atoms with E-state index in [1.807, 2.05) is 0 Å². The molecule has 1 aliphatic heterocycles. The van der Waals surface area contributed by atoms with Crippen molar-refractivity contribution in [2.75, 3.05) is 18.0 Å². The third-order valence-electron chi connectivity index (χ3n) is 3.58. The van der Waals surface area contributed by atoms with Crippen LogP contribution in [0.1, 0.15) is 25.7 Å². The van der Waals surface area contributed by atoms with Gasteiger partial charge in [-0.2, -0.15) is 0 Å². The van der Waals surface area contributed by atoms with Crippen LogP contribution < -0.4 is 10.6 Å². The van der Waals surface area contributed by atoms with Gasteiger partial charge in [0.1, 0.15) is 5.69 Å². The molecule has 0 spiro atoms. The Balaban J connectivity index is 2.40. The topological polar surface area (TPSA) is 72.4 Å². The molecule has 1 heterocycles. The first-order valence-electron chi connectivity index (χ1n) is 6.54. The van der Waals surface area contributed by atoms with Gasteiger partial charge in [-0.05, 0) is 38.3 Å². The van der Waals surface area contributed by atoms with Gasteiger partial charge in [-0.1, -0.05) is 17.7 Å². The van der Waals surface area contributed by atoms with E-state index in [0.717, 1.165) is 32.2 Å². The van der Waals surface area contributed by atoms with Crippen LogP contribution in [0.25, 0.3) is 0 Å². The number of piperidine rings is 1. The number of nitro groups is 1. The highest BCUT2D eigenvalue weighted by Gasteiger charge is 2.29. The molecular formula is C13H18ClN3O2. The maximum Gasteiger partial charge on any atom is 0.294 e. The minimum atomic E-state index is -0.366. The maximum absolute atomic E-state index is 11.2. The highest BCUT2D eigenvalue weighted by molar-refractivity contribution is 6.33. The van der Waals surface area contributed by atoms with Crippen LogP contribution in [-0.2, 0) is 0 Å². The average Bonchev–Trinajstić information content (AvgIpc) is 2.40. The predicted octanol–water partition coefficient (Wildman–Crippen LogP) is 2.96. The van der Waals surface area contributed by atoms with Crippen molar-refractivity contribution in [3.05, 3.63) is 33.3 Å². The van der Waals surface area contributed by atoms with Crippen LogP contribution in [0.2, 0.25) is 5.02 Å². The summed E-state index contributed by atoms with van der Waals surface area (Å²) in [6, 6.07) is 5.08. The Kier molecular flexibility index (Phi) is 4.61. The molecule has 0 aromatic heterocycles. The van der Waals surface area contributed by atoms with Crippen molar-refractivity contribution in [2.45, 2.75) is 31.7 Å². The summed E-state index contributed by atoms with van der Waals surface area (Å²) >= 11 is 6.19. The van der Waals surface area contributed by atoms with Crippen molar-refractivity contribution in [1.82, 2.24) is 0 Å². The first-order chi connectivity index (χ1) is 9.15. The molecule has 1 aliphatic rings. The largest absolute Gasteiger partial charge is 0.362 e. The van der Waals surface area contributed by atoms with E-state index >= 15 is 0 Å². The molecule has 1 aromatic carbocycles. The number of hydrogen-bond donors (Lipinski definition) is 1. The molecule has 1 aromatic rings. The second-order valence-electron chi connectivity index (χ2n) is 4.79. The van der Waals surface area contributed by atoms with Gasteiger partial charge in [-0.25, -0.2) is 0 Å². The summed E-state index contributed by atoms with van der Waals surface area (Å²) in [6.45, 7) is 1.38. The van der Waals surface area contributed by atoms with Crippen molar-refractivity contribution in [3.63, 3.8) is 0 Å². The van der Waals surface area contributed by atoms with Crippen LogP contribution in [0.5, 0.6) is 0 Å². The molecule has 1 unspecified atom stereocenters. The quantitative estimate of drug-likeness (QED) is 0.681. The summed E-state index contributed by atoms with van der Waals surface area (Å²) < 4.78 is 0. The Morgan fingerprint density at radius 1 is 1.47 bits per heavy atom. The van der Waals surface area contributed by atoms with Crippen LogP contribution in [0, 0.1) is 10.1 Å². The van der Waals surface area contributed by atoms with Gasteiger partial charge in [0.2, 0.25) is 0 Å². The van der Waals surface area contributed by atoms with Crippen molar-refractivity contribution < 1.29 is 4.92 Å². The van der Waals surface area contributed by atoms with Crippen molar-refractivity contribution >= 4 is 23.0 Å². The van der Waals surface area contributed by atoms with Crippen molar-refractivity contribution in [1.29, 1.82) is 0 Å². The minimum Gasteiger partial charge on any atom is -0.362 e. The van der Waals surface area contributed by atoms with Gasteiger partial charge in [0.15, 0.2) is 0 Å². The number of hydrogen-bond acceptors (Lipinski definition) is 4. The summed E-state index contributed by atoms with van der Waals surface area (Å²) in [6.07, 6.45) is 4.02. The van der Waals surface area contributed by atoms with Gasteiger partial charge in [-0.3, -0.25) is 10.1 Å². The monoisotopic (exact) mass is 283 g/mol. The first kappa shape index (κ1) is 14.1. The van der Waals surface area contributed by atoms with Crippen LogP contribution in [0.3, 0.4) is 0 Å². The van der Waals surface area contributed by atoms with E-state index < -0.39 is 0 Å². The number of halogens is 1. The fourth-order valence-electron chi connectivity index (χ4n) is 2.72. The van der Waals surface area contributed by atoms with E-state index in [1.165, 1.54) is 6.07 Å². The number of nitrogens with two attached hydrogens (primary N) is 1. The molecule has 5 nitrogen and oxygen atoms in total. The van der Waals surface area contributed by atoms with E-state index in [0.29, 0.717) is 17.3 Å². The highest BCUT2D eigenvalue weighted by atomic mass is 35.5. The molecule has 19 heavy (non-hydrogen) atoms. The van der Waals surface area contributed by atoms with E-state index in [2.05, 4.69) is 4.90 Å². The summed E-state index contributed by atoms with van der Waals surface area (Å²) in [5, 5.41) is 11.6. The summed E-state index contributed by atoms with van der Waals surface area (Å²) in [5.74, 6) is 0. The summed E-state index contributed by atoms with van der Waals surface area (Å²) in [7, 11) is 0. The molecule has 104 valence electrons. The molecule has 1 fully saturated rings. The normalized spacial score (nSPS) is 19.5. The summed E-state index contributed by atoms with van der Waals surface area (Å²) in [4.78, 5) is 12.9. The fraction of sp³-hybridized carbons (Fsp3) is 0.538. The summed E-state index contributed by atoms with van der Waals surface area (Å²) in [5.41, 5.74) is 6.27. The van der Waals surface area contributed by atoms with Crippen LogP contribution in [-0.4, -0.2) is 24.1 Å². The molecule has 0 radical (unpaired) electrons. The number of nitro benzene ring substituents is 1. The van der Waals surface area contributed by atoms with E-state index in [-0.39, 0.29) is 16.7 Å². The zero-order valence-corrected chi connectivity index (χ0v) is 11.5. The number of nitrogens with zero attached hydrogens (tertiary/aromatic N) is 2. The standard InChI is InChI=1S/C13H18ClN3O2/c14-11-5-3-6-12(17(18)19)13(11)16-9-2-1-4-10(16)7-8-15/h3,5-6,10H,1-2,4,7-9,15H2. The number of para-hydroxylation sites is 1. The van der Waals surface area contributed by atoms with Gasteiger partial charge in [0, 0.05) is 18.7 Å². The molecule has 0 bridgehead atoms. The second-order valence-corrected chi connectivity index (χ2v) is 5.19. The Hall–Kier alpha value is -1.33. The van der Waals surface area contributed by atoms with Crippen molar-refractivity contribution in [3.8, 4) is 0 Å². The maximum atomic E-state index is 11.2. The lowest BCUT2D eigenvalue weighted by Gasteiger charge is -2.37. The Bertz CT molecular complexity index is 465. The van der Waals surface area contributed by atoms with Crippen LogP contribution >= 0.6 is 11.6 Å². The average molecular weight is 284 g/mol. The van der Waals surface area contributed by atoms with Gasteiger partial charge < -0.3 is 10.6 Å². The highest BCUT2D eigenvalue weighted by Crippen LogP contribution is 2.39. The van der Waals surface area contributed by atoms with E-state index in [9.17, 15) is 10.1 Å². The number of benzene rings is 1. The van der Waals surface area contributed by atoms with E-state index in [4.69, 9.17) is 17.3 Å². The molecule has 2 N–H and O–H groups in total. The lowest BCUT2D eigenvalue weighted by molar-refractivity contribution is -0.384. The molecule has 6 heteroatoms. The molecule has 0 amide bonds. The molecular weight excluding hydrogens is 266 g/mol. The van der Waals surface area contributed by atoms with Gasteiger partial charge >= 0.3 is 0 Å². The molecule has 0 aliphatic carbocycles. The lowest BCUT2D eigenvalue weighted by atomic mass is 9.98. The SMILES string of the molecule is NCCC1CCCCN1c1c(Cl)cccc1[N+](=O)[O-]. The molecule has 1 saturated heterocycles. The zero-order valence-electron chi connectivity index (χ0n) is 10.7. The second kappa shape index (κ2) is 6.21. The Labute approximate surface area is 117 Å². The third-order valence-corrected chi connectivity index (χ3v) is 3.88. The lowest BCUT2D eigenvalue weighted by Crippen LogP contribution is -2.41. The van der Waals surface area contributed by atoms with Gasteiger partial charge in [0.25, 0.3) is 5.69 Å². The molecule has 1 atom stereocenters. The van der Waals surface area contributed by atoms with Gasteiger partial charge in [0.05, 0.1) is 9.95 Å². The minimum absolute atomic E-state index is 0.0800. The molecule has 0 saturated carbocycles. The Morgan fingerprint density at radius 2 is 2.26 bits per heavy atom. The van der Waals surface area contributed by atoms with Crippen LogP contribution in [0.4, 0.5) is 11.4 Å². The third kappa shape index (κ3) is 2.98. The van der Waals surface area contributed by atoms with Crippen LogP contribution in [0.15, 0.2) is 18.2 Å². The van der Waals surface area contributed by atoms with Crippen molar-refractivity contribution in [2.24, 2.45) is 5.73 Å². The van der Waals surface area contributed by atoms with Gasteiger partial charge in [-0.15, -0.1) is 0 Å². The number of anilines is 1. The number of rotatable bonds is 4.